The van der Waals surface area contributed by atoms with Crippen LogP contribution in [0.1, 0.15) is 38.8 Å². The number of ether oxygens (including phenoxy) is 1. The van der Waals surface area contributed by atoms with E-state index >= 15 is 0 Å². The normalized spacial score (nSPS) is 20.3. The highest BCUT2D eigenvalue weighted by molar-refractivity contribution is 5.54. The summed E-state index contributed by atoms with van der Waals surface area (Å²) in [7, 11) is 1.70. The molecule has 0 amide bonds. The lowest BCUT2D eigenvalue weighted by atomic mass is 9.97. The van der Waals surface area contributed by atoms with Crippen molar-refractivity contribution >= 4 is 5.65 Å². The zero-order valence-corrected chi connectivity index (χ0v) is 13.2. The summed E-state index contributed by atoms with van der Waals surface area (Å²) in [5.41, 5.74) is 2.08. The summed E-state index contributed by atoms with van der Waals surface area (Å²) in [6, 6.07) is 5.20. The molecule has 0 N–H and O–H groups in total. The van der Waals surface area contributed by atoms with E-state index in [2.05, 4.69) is 29.3 Å². The first-order valence-electron chi connectivity index (χ1n) is 7.95. The molecule has 3 heterocycles. The number of hydrogen-bond acceptors (Lipinski definition) is 3. The lowest BCUT2D eigenvalue weighted by Gasteiger charge is -2.38. The van der Waals surface area contributed by atoms with Gasteiger partial charge in [0.1, 0.15) is 0 Å². The van der Waals surface area contributed by atoms with Crippen molar-refractivity contribution in [3.05, 3.63) is 30.2 Å². The average Bonchev–Trinajstić information content (AvgIpc) is 2.89. The molecule has 2 aromatic heterocycles. The van der Waals surface area contributed by atoms with Gasteiger partial charge >= 0.3 is 0 Å². The molecule has 1 atom stereocenters. The maximum atomic E-state index is 5.40. The van der Waals surface area contributed by atoms with E-state index in [9.17, 15) is 0 Å². The van der Waals surface area contributed by atoms with Crippen molar-refractivity contribution in [2.75, 3.05) is 13.7 Å². The molecule has 4 heteroatoms. The van der Waals surface area contributed by atoms with Crippen LogP contribution in [-0.2, 0) is 6.42 Å². The Morgan fingerprint density at radius 3 is 3.00 bits per heavy atom. The van der Waals surface area contributed by atoms with Crippen molar-refractivity contribution in [2.24, 2.45) is 0 Å². The van der Waals surface area contributed by atoms with E-state index in [1.165, 1.54) is 25.8 Å². The molecule has 0 saturated carbocycles. The molecule has 1 saturated heterocycles. The van der Waals surface area contributed by atoms with E-state index in [1.54, 1.807) is 7.11 Å². The van der Waals surface area contributed by atoms with Crippen molar-refractivity contribution < 1.29 is 4.74 Å². The molecule has 21 heavy (non-hydrogen) atoms. The Hall–Kier alpha value is -1.55. The fourth-order valence-electron chi connectivity index (χ4n) is 3.46. The van der Waals surface area contributed by atoms with Gasteiger partial charge in [0.05, 0.1) is 12.8 Å². The monoisotopic (exact) mass is 287 g/mol. The van der Waals surface area contributed by atoms with E-state index in [4.69, 9.17) is 9.72 Å². The zero-order chi connectivity index (χ0) is 14.8. The number of rotatable bonds is 4. The molecule has 0 radical (unpaired) electrons. The Morgan fingerprint density at radius 1 is 1.38 bits per heavy atom. The smallest absolute Gasteiger partial charge is 0.179 e. The van der Waals surface area contributed by atoms with Gasteiger partial charge in [0.2, 0.25) is 0 Å². The Kier molecular flexibility index (Phi) is 4.15. The summed E-state index contributed by atoms with van der Waals surface area (Å²) in [5.74, 6) is 0.841. The third-order valence-electron chi connectivity index (χ3n) is 4.50. The molecule has 0 aliphatic carbocycles. The first-order chi connectivity index (χ1) is 10.2. The molecule has 114 valence electrons. The molecule has 0 bridgehead atoms. The standard InChI is InChI=1S/C17H25N3O/c1-13(2)20-10-5-4-7-15(20)11-14-12-19-9-6-8-16(21-3)17(19)18-14/h6,8-9,12-13,15H,4-5,7,10-11H2,1-3H3. The third-order valence-corrected chi connectivity index (χ3v) is 4.50. The van der Waals surface area contributed by atoms with Gasteiger partial charge in [-0.1, -0.05) is 6.42 Å². The van der Waals surface area contributed by atoms with Crippen LogP contribution in [0.5, 0.6) is 5.75 Å². The highest BCUT2D eigenvalue weighted by Crippen LogP contribution is 2.24. The quantitative estimate of drug-likeness (QED) is 0.865. The van der Waals surface area contributed by atoms with E-state index in [1.807, 2.05) is 18.3 Å². The van der Waals surface area contributed by atoms with Gasteiger partial charge in [-0.15, -0.1) is 0 Å². The highest BCUT2D eigenvalue weighted by atomic mass is 16.5. The van der Waals surface area contributed by atoms with Gasteiger partial charge in [0.25, 0.3) is 0 Å². The molecule has 1 aliphatic heterocycles. The minimum atomic E-state index is 0.613. The van der Waals surface area contributed by atoms with Crippen molar-refractivity contribution in [3.8, 4) is 5.75 Å². The number of piperidine rings is 1. The van der Waals surface area contributed by atoms with Crippen molar-refractivity contribution in [1.29, 1.82) is 0 Å². The van der Waals surface area contributed by atoms with Crippen LogP contribution in [0.4, 0.5) is 0 Å². The Bertz CT molecular complexity index is 605. The lowest BCUT2D eigenvalue weighted by Crippen LogP contribution is -2.45. The van der Waals surface area contributed by atoms with Gasteiger partial charge in [-0.2, -0.15) is 0 Å². The summed E-state index contributed by atoms with van der Waals surface area (Å²) in [5, 5.41) is 0. The maximum absolute atomic E-state index is 5.40. The summed E-state index contributed by atoms with van der Waals surface area (Å²) >= 11 is 0. The summed E-state index contributed by atoms with van der Waals surface area (Å²) in [6.45, 7) is 5.81. The minimum absolute atomic E-state index is 0.613. The predicted molar refractivity (Wildman–Crippen MR) is 84.9 cm³/mol. The number of imidazole rings is 1. The van der Waals surface area contributed by atoms with Crippen molar-refractivity contribution in [3.63, 3.8) is 0 Å². The second-order valence-electron chi connectivity index (χ2n) is 6.22. The maximum Gasteiger partial charge on any atom is 0.179 e. The van der Waals surface area contributed by atoms with E-state index < -0.39 is 0 Å². The molecular formula is C17H25N3O. The average molecular weight is 287 g/mol. The third kappa shape index (κ3) is 2.91. The number of pyridine rings is 1. The predicted octanol–water partition coefficient (Wildman–Crippen LogP) is 3.15. The number of hydrogen-bond donors (Lipinski definition) is 0. The number of fused-ring (bicyclic) bond motifs is 1. The number of likely N-dealkylation sites (tertiary alicyclic amines) is 1. The van der Waals surface area contributed by atoms with E-state index in [0.717, 1.165) is 23.5 Å². The molecule has 1 aliphatic rings. The fraction of sp³-hybridized carbons (Fsp3) is 0.588. The Labute approximate surface area is 126 Å². The van der Waals surface area contributed by atoms with Gasteiger partial charge in [0, 0.05) is 30.9 Å². The summed E-state index contributed by atoms with van der Waals surface area (Å²) < 4.78 is 7.46. The summed E-state index contributed by atoms with van der Waals surface area (Å²) in [4.78, 5) is 7.41. The SMILES string of the molecule is COc1cccn2cc(CC3CCCCN3C(C)C)nc12. The number of aromatic nitrogens is 2. The second-order valence-corrected chi connectivity index (χ2v) is 6.22. The molecule has 3 rings (SSSR count). The van der Waals surface area contributed by atoms with E-state index in [-0.39, 0.29) is 0 Å². The zero-order valence-electron chi connectivity index (χ0n) is 13.2. The van der Waals surface area contributed by atoms with Gasteiger partial charge in [-0.05, 0) is 45.4 Å². The van der Waals surface area contributed by atoms with Crippen molar-refractivity contribution in [1.82, 2.24) is 14.3 Å². The molecule has 1 unspecified atom stereocenters. The van der Waals surface area contributed by atoms with Gasteiger partial charge in [0.15, 0.2) is 11.4 Å². The lowest BCUT2D eigenvalue weighted by molar-refractivity contribution is 0.111. The molecule has 2 aromatic rings. The van der Waals surface area contributed by atoms with Crippen LogP contribution in [0.2, 0.25) is 0 Å². The van der Waals surface area contributed by atoms with Crippen molar-refractivity contribution in [2.45, 2.75) is 51.6 Å². The first-order valence-corrected chi connectivity index (χ1v) is 7.95. The van der Waals surface area contributed by atoms with Crippen LogP contribution >= 0.6 is 0 Å². The van der Waals surface area contributed by atoms with Crippen LogP contribution in [-0.4, -0.2) is 40.0 Å². The van der Waals surface area contributed by atoms with Gasteiger partial charge in [-0.3, -0.25) is 4.90 Å². The number of methoxy groups -OCH3 is 1. The van der Waals surface area contributed by atoms with Crippen LogP contribution in [0.25, 0.3) is 5.65 Å². The second kappa shape index (κ2) is 6.06. The van der Waals surface area contributed by atoms with Gasteiger partial charge < -0.3 is 9.14 Å². The summed E-state index contributed by atoms with van der Waals surface area (Å²) in [6.07, 6.45) is 9.16. The minimum Gasteiger partial charge on any atom is -0.493 e. The highest BCUT2D eigenvalue weighted by Gasteiger charge is 2.25. The van der Waals surface area contributed by atoms with Crippen LogP contribution in [0.15, 0.2) is 24.5 Å². The Morgan fingerprint density at radius 2 is 2.24 bits per heavy atom. The fourth-order valence-corrected chi connectivity index (χ4v) is 3.46. The molecular weight excluding hydrogens is 262 g/mol. The molecule has 1 fully saturated rings. The van der Waals surface area contributed by atoms with Gasteiger partial charge in [-0.25, -0.2) is 4.98 Å². The first kappa shape index (κ1) is 14.4. The molecule has 4 nitrogen and oxygen atoms in total. The van der Waals surface area contributed by atoms with Crippen LogP contribution in [0.3, 0.4) is 0 Å². The van der Waals surface area contributed by atoms with E-state index in [0.29, 0.717) is 12.1 Å². The number of nitrogens with zero attached hydrogens (tertiary/aromatic N) is 3. The van der Waals surface area contributed by atoms with Crippen LogP contribution in [0, 0.1) is 0 Å². The molecule has 0 aromatic carbocycles. The Balaban J connectivity index is 1.83. The van der Waals surface area contributed by atoms with Crippen LogP contribution < -0.4 is 4.74 Å². The topological polar surface area (TPSA) is 29.8 Å². The largest absolute Gasteiger partial charge is 0.493 e. The molecule has 0 spiro atoms.